The van der Waals surface area contributed by atoms with E-state index in [-0.39, 0.29) is 57.6 Å². The molecule has 11 aromatic carbocycles. The van der Waals surface area contributed by atoms with Gasteiger partial charge < -0.3 is 162 Å². The SMILES string of the molecule is CC(=O)N[C@H]1[C@H](O[C@@H]2c3ccc(c(Cl)c3)Oc3cc4cc(c3O[C@@H]3O[C@H](CO)[C@@H](O)[C@H](O)[C@H]3NCc3ccc5ccccc5c3)Oc3ccc(cc3Cl)C[C@H]3NC(=O)[C@H](NCc5ccc6ccccc6c5)c5ccc(O)c(c5)Oc5cc(O)cc(c5)[C@H](NC3=O)C(=O)N[C@H]4C(=O)N[C@H]3C(=O)N[C@@H]2C(=O)N[C@H](C(=O)O)c2cc(O)cc(O[C@H]4O[C@H](CO)[C@@H](O)[C@H](O)[C@@H]4O)c2-c2cc3ccc2O)O[C@H](CO)[C@@H](O)[C@@H]1O. The lowest BCUT2D eigenvalue weighted by molar-refractivity contribution is -0.284. The number of ether oxygens (including phenoxy) is 9. The number of carboxylic acid groups (broad SMARTS) is 1. The van der Waals surface area contributed by atoms with Crippen molar-refractivity contribution in [3.05, 3.63) is 260 Å². The molecule has 9 heterocycles. The molecule has 0 aliphatic carbocycles. The van der Waals surface area contributed by atoms with E-state index < -0.39 is 299 Å². The second kappa shape index (κ2) is 41.4. The number of fused-ring (bicyclic) bond motifs is 16. The van der Waals surface area contributed by atoms with Gasteiger partial charge in [-0.2, -0.15) is 0 Å². The van der Waals surface area contributed by atoms with Gasteiger partial charge in [-0.1, -0.05) is 120 Å². The van der Waals surface area contributed by atoms with Crippen molar-refractivity contribution in [2.45, 2.75) is 167 Å². The van der Waals surface area contributed by atoms with Gasteiger partial charge in [0.05, 0.1) is 35.9 Å². The molecule has 3 saturated heterocycles. The molecule has 746 valence electrons. The van der Waals surface area contributed by atoms with Gasteiger partial charge in [0, 0.05) is 55.3 Å². The predicted octanol–water partition coefficient (Wildman–Crippen LogP) is 3.83. The Hall–Kier alpha value is -14.2. The Kier molecular flexibility index (Phi) is 28.7. The molecule has 7 amide bonds. The number of phenolic OH excluding ortho intramolecular Hbond substituents is 4. The summed E-state index contributed by atoms with van der Waals surface area (Å²) in [5, 5.41) is 200. The van der Waals surface area contributed by atoms with Crippen LogP contribution in [0.25, 0.3) is 32.7 Å². The summed E-state index contributed by atoms with van der Waals surface area (Å²) in [5.41, 5.74) is -2.17. The number of hydrogen-bond acceptors (Lipinski definition) is 33. The molecule has 41 nitrogen and oxygen atoms in total. The Labute approximate surface area is 820 Å². The number of halogens is 2. The van der Waals surface area contributed by atoms with E-state index in [0.717, 1.165) is 101 Å². The third-order valence-electron chi connectivity index (χ3n) is 25.8. The van der Waals surface area contributed by atoms with Crippen molar-refractivity contribution in [3.8, 4) is 80.1 Å². The summed E-state index contributed by atoms with van der Waals surface area (Å²) in [6, 6.07) is 28.2. The molecule has 9 aliphatic rings. The van der Waals surface area contributed by atoms with Gasteiger partial charge >= 0.3 is 5.97 Å². The van der Waals surface area contributed by atoms with E-state index in [1.165, 1.54) is 42.5 Å². The van der Waals surface area contributed by atoms with Gasteiger partial charge in [-0.3, -0.25) is 38.9 Å². The van der Waals surface area contributed by atoms with E-state index in [2.05, 4.69) is 47.9 Å². The third-order valence-corrected chi connectivity index (χ3v) is 26.3. The molecule has 17 bridgehead atoms. The van der Waals surface area contributed by atoms with Gasteiger partial charge in [-0.25, -0.2) is 4.79 Å². The zero-order chi connectivity index (χ0) is 101. The van der Waals surface area contributed by atoms with Crippen molar-refractivity contribution in [2.24, 2.45) is 0 Å². The van der Waals surface area contributed by atoms with Crippen LogP contribution in [0.2, 0.25) is 10.0 Å². The number of carboxylic acids is 1. The molecule has 143 heavy (non-hydrogen) atoms. The summed E-state index contributed by atoms with van der Waals surface area (Å²) in [5.74, 6) is -18.2. The van der Waals surface area contributed by atoms with Gasteiger partial charge in [0.15, 0.2) is 35.3 Å². The molecule has 23 atom stereocenters. The second-order valence-electron chi connectivity index (χ2n) is 35.3. The summed E-state index contributed by atoms with van der Waals surface area (Å²) in [6.45, 7) is -2.19. The summed E-state index contributed by atoms with van der Waals surface area (Å²) in [4.78, 5) is 127. The summed E-state index contributed by atoms with van der Waals surface area (Å²) >= 11 is 15.0. The number of carbonyl (C=O) groups excluding carboxylic acids is 7. The molecule has 0 unspecified atom stereocenters. The number of benzene rings is 11. The smallest absolute Gasteiger partial charge is 0.330 e. The third kappa shape index (κ3) is 20.6. The van der Waals surface area contributed by atoms with E-state index in [4.69, 9.17) is 65.8 Å². The zero-order valence-corrected chi connectivity index (χ0v) is 76.5. The van der Waals surface area contributed by atoms with Gasteiger partial charge in [-0.15, -0.1) is 0 Å². The predicted molar refractivity (Wildman–Crippen MR) is 500 cm³/mol. The fourth-order valence-corrected chi connectivity index (χ4v) is 18.9. The number of amides is 7. The number of carbonyl (C=O) groups is 8. The number of nitrogens with one attached hydrogen (secondary N) is 9. The number of aliphatic carboxylic acids is 1. The lowest BCUT2D eigenvalue weighted by atomic mass is 9.89. The fraction of sp³-hybridized carbons (Fsp3) is 0.300. The average Bonchev–Trinajstić information content (AvgIpc) is 0.753. The highest BCUT2D eigenvalue weighted by Gasteiger charge is 2.52. The van der Waals surface area contributed by atoms with Gasteiger partial charge in [-0.05, 0) is 157 Å². The molecule has 0 spiro atoms. The monoisotopic (exact) mass is 2000 g/mol. The number of aliphatic hydroxyl groups is 10. The number of rotatable bonds is 17. The first kappa shape index (κ1) is 99.0. The van der Waals surface area contributed by atoms with Gasteiger partial charge in [0.25, 0.3) is 0 Å². The van der Waals surface area contributed by atoms with Crippen LogP contribution in [0.3, 0.4) is 0 Å². The van der Waals surface area contributed by atoms with E-state index >= 15 is 28.8 Å². The summed E-state index contributed by atoms with van der Waals surface area (Å²) < 4.78 is 58.5. The molecular formula is C100H95Cl2N9O32. The Balaban J connectivity index is 0.864. The van der Waals surface area contributed by atoms with Crippen LogP contribution >= 0.6 is 23.2 Å². The lowest BCUT2D eigenvalue weighted by Gasteiger charge is -2.44. The van der Waals surface area contributed by atoms with E-state index in [9.17, 15) is 86.2 Å². The van der Waals surface area contributed by atoms with Crippen LogP contribution in [0.5, 0.6) is 69.0 Å². The molecule has 0 saturated carbocycles. The minimum atomic E-state index is -2.58. The van der Waals surface area contributed by atoms with Crippen LogP contribution in [-0.4, -0.2) is 248 Å². The maximum Gasteiger partial charge on any atom is 0.330 e. The van der Waals surface area contributed by atoms with Crippen molar-refractivity contribution in [3.63, 3.8) is 0 Å². The molecule has 43 heteroatoms. The molecule has 9 aliphatic heterocycles. The number of phenols is 4. The fourth-order valence-electron chi connectivity index (χ4n) is 18.4. The Bertz CT molecular complexity index is 6810. The van der Waals surface area contributed by atoms with Crippen molar-refractivity contribution in [1.82, 2.24) is 47.9 Å². The Morgan fingerprint density at radius 3 is 1.59 bits per heavy atom. The van der Waals surface area contributed by atoms with Gasteiger partial charge in [0.1, 0.15) is 150 Å². The Morgan fingerprint density at radius 1 is 0.434 bits per heavy atom. The molecular weight excluding hydrogens is 1910 g/mol. The topological polar surface area (TPSA) is 631 Å². The first-order valence-corrected chi connectivity index (χ1v) is 45.8. The van der Waals surface area contributed by atoms with E-state index in [1.807, 2.05) is 78.9 Å². The normalized spacial score (nSPS) is 27.6. The lowest BCUT2D eigenvalue weighted by Crippen LogP contribution is -2.65. The second-order valence-corrected chi connectivity index (χ2v) is 36.2. The first-order chi connectivity index (χ1) is 68.6. The Morgan fingerprint density at radius 2 is 0.972 bits per heavy atom. The average molecular weight is 2010 g/mol. The highest BCUT2D eigenvalue weighted by Crippen LogP contribution is 2.52. The van der Waals surface area contributed by atoms with Crippen LogP contribution in [0.4, 0.5) is 0 Å². The van der Waals surface area contributed by atoms with Crippen molar-refractivity contribution in [2.75, 3.05) is 19.8 Å². The van der Waals surface area contributed by atoms with Crippen molar-refractivity contribution in [1.29, 1.82) is 0 Å². The summed E-state index contributed by atoms with van der Waals surface area (Å²) in [7, 11) is 0. The molecule has 20 rings (SSSR count). The molecule has 0 radical (unpaired) electrons. The number of hydrogen-bond donors (Lipinski definition) is 24. The highest BCUT2D eigenvalue weighted by atomic mass is 35.5. The molecule has 0 aromatic heterocycles. The van der Waals surface area contributed by atoms with E-state index in [0.29, 0.717) is 11.1 Å². The minimum absolute atomic E-state index is 0.00163. The van der Waals surface area contributed by atoms with Gasteiger partial charge in [0.2, 0.25) is 59.7 Å². The van der Waals surface area contributed by atoms with E-state index in [1.54, 1.807) is 6.07 Å². The van der Waals surface area contributed by atoms with Crippen LogP contribution in [0, 0.1) is 0 Å². The van der Waals surface area contributed by atoms with Crippen molar-refractivity contribution < 1.29 is 158 Å². The molecule has 3 fully saturated rings. The van der Waals surface area contributed by atoms with Crippen molar-refractivity contribution >= 4 is 92.1 Å². The standard InChI is InChI=1S/C100H95Cl2N9O32/c1-41(115)105-80-86(124)83(121)71(39-113)140-99(80)142-89-51-17-21-65(60(102)29-51)137-69-32-53-31-68(90(69)143-98-79(85(123)82(120)70(38-112)139-98)104-37-44-11-14-46-7-3-5-9-48(46)23-44)136-64-20-12-42(24-59(64)101)25-61-91(127)107-76(52-26-54(116)33-56(27-52)135-66-30-50(16-19-63(66)119)74(92(128)106-61)103-36-43-10-13-45-6-2-4-8-47(45)22-43)94(130)109-77(53)95(131)108-75-49-15-18-62(118)57(28-49)73-58(78(97(133)134)110-96(132)81(89)111-93(75)129)34-55(117)35-67(73)138-100-88(126)87(125)84(122)72(40-114)141-100/h2-24,26-35,61,70-72,74-89,98-100,103-104,112-114,116-126H,25,36-40H2,1H3,(H,105,115)(H,106,128)(H,107,127)(H,108,131)(H,109,130)(H,110,132)(H,111,129)(H,133,134)/t61-,70-,71-,72-,74-,75-,76+,77-,78+,79-,80-,81+,82-,83-,84-,85-,86-,87+,88+,89-,98+,99+,100+/m1/s1. The minimum Gasteiger partial charge on any atom is -0.508 e. The number of aliphatic hydroxyl groups excluding tert-OH is 10. The quantitative estimate of drug-likeness (QED) is 0.0616. The highest BCUT2D eigenvalue weighted by molar-refractivity contribution is 6.32. The van der Waals surface area contributed by atoms with Crippen LogP contribution in [0.15, 0.2) is 200 Å². The maximum absolute atomic E-state index is 17.3. The number of aromatic hydroxyl groups is 4. The molecule has 24 N–H and O–H groups in total. The first-order valence-electron chi connectivity index (χ1n) is 45.1. The molecule has 11 aromatic rings. The largest absolute Gasteiger partial charge is 0.508 e. The van der Waals surface area contributed by atoms with Crippen LogP contribution < -0.4 is 71.5 Å². The van der Waals surface area contributed by atoms with Crippen LogP contribution in [-0.2, 0) is 76.8 Å². The summed E-state index contributed by atoms with van der Waals surface area (Å²) in [6.07, 6.45) is -28.7. The maximum atomic E-state index is 17.3. The van der Waals surface area contributed by atoms with Crippen LogP contribution in [0.1, 0.15) is 93.3 Å². The zero-order valence-electron chi connectivity index (χ0n) is 75.0.